The minimum Gasteiger partial charge on any atom is -0.496 e. The molecule has 108 valence electrons. The predicted octanol–water partition coefficient (Wildman–Crippen LogP) is 1.79. The van der Waals surface area contributed by atoms with Gasteiger partial charge in [-0.3, -0.25) is 4.90 Å². The molecule has 4 nitrogen and oxygen atoms in total. The number of benzene rings is 1. The van der Waals surface area contributed by atoms with Crippen LogP contribution >= 0.6 is 0 Å². The fraction of sp³-hybridized carbons (Fsp3) is 0.600. The van der Waals surface area contributed by atoms with Gasteiger partial charge in [0.1, 0.15) is 5.75 Å². The summed E-state index contributed by atoms with van der Waals surface area (Å²) in [5, 5.41) is 9.02. The van der Waals surface area contributed by atoms with Crippen LogP contribution in [0.5, 0.6) is 5.75 Å². The van der Waals surface area contributed by atoms with Crippen molar-refractivity contribution in [3.8, 4) is 5.75 Å². The number of ether oxygens (including phenoxy) is 1. The second kappa shape index (κ2) is 8.15. The molecule has 0 fully saturated rings. The van der Waals surface area contributed by atoms with E-state index in [1.807, 2.05) is 25.1 Å². The standard InChI is InChI=1S/C15H26N2O2/c1-4-17(10-7-11-18)15(12(2)16)13-8-5-6-9-14(13)19-3/h5-6,8-9,12,15,18H,4,7,10-11,16H2,1-3H3. The van der Waals surface area contributed by atoms with Crippen molar-refractivity contribution in [3.63, 3.8) is 0 Å². The topological polar surface area (TPSA) is 58.7 Å². The zero-order chi connectivity index (χ0) is 14.3. The Balaban J connectivity index is 3.04. The van der Waals surface area contributed by atoms with Crippen LogP contribution in [-0.4, -0.2) is 42.9 Å². The largest absolute Gasteiger partial charge is 0.496 e. The first-order valence-electron chi connectivity index (χ1n) is 6.89. The van der Waals surface area contributed by atoms with Gasteiger partial charge in [0.25, 0.3) is 0 Å². The van der Waals surface area contributed by atoms with E-state index >= 15 is 0 Å². The van der Waals surface area contributed by atoms with Crippen LogP contribution in [-0.2, 0) is 0 Å². The van der Waals surface area contributed by atoms with Gasteiger partial charge in [-0.05, 0) is 26.0 Å². The number of hydrogen-bond donors (Lipinski definition) is 2. The van der Waals surface area contributed by atoms with Crippen molar-refractivity contribution in [1.82, 2.24) is 4.90 Å². The van der Waals surface area contributed by atoms with Crippen LogP contribution in [0.3, 0.4) is 0 Å². The Morgan fingerprint density at radius 3 is 2.58 bits per heavy atom. The van der Waals surface area contributed by atoms with Gasteiger partial charge in [-0.15, -0.1) is 0 Å². The summed E-state index contributed by atoms with van der Waals surface area (Å²) in [6, 6.07) is 8.10. The molecule has 0 spiro atoms. The molecular weight excluding hydrogens is 240 g/mol. The number of hydrogen-bond acceptors (Lipinski definition) is 4. The lowest BCUT2D eigenvalue weighted by Crippen LogP contribution is -2.40. The highest BCUT2D eigenvalue weighted by Crippen LogP contribution is 2.31. The number of rotatable bonds is 8. The van der Waals surface area contributed by atoms with E-state index in [-0.39, 0.29) is 18.7 Å². The second-order valence-corrected chi connectivity index (χ2v) is 4.75. The molecule has 1 aromatic carbocycles. The number of methoxy groups -OCH3 is 1. The minimum absolute atomic E-state index is 0.00468. The Morgan fingerprint density at radius 2 is 2.05 bits per heavy atom. The van der Waals surface area contributed by atoms with E-state index in [0.29, 0.717) is 0 Å². The third kappa shape index (κ3) is 4.20. The Kier molecular flexibility index (Phi) is 6.84. The predicted molar refractivity (Wildman–Crippen MR) is 78.3 cm³/mol. The maximum Gasteiger partial charge on any atom is 0.123 e. The lowest BCUT2D eigenvalue weighted by Gasteiger charge is -2.34. The van der Waals surface area contributed by atoms with Gasteiger partial charge < -0.3 is 15.6 Å². The summed E-state index contributed by atoms with van der Waals surface area (Å²) in [5.74, 6) is 0.868. The van der Waals surface area contributed by atoms with Crippen LogP contribution in [0.4, 0.5) is 0 Å². The van der Waals surface area contributed by atoms with Gasteiger partial charge in [0.2, 0.25) is 0 Å². The number of para-hydroxylation sites is 1. The van der Waals surface area contributed by atoms with Gasteiger partial charge in [-0.25, -0.2) is 0 Å². The average molecular weight is 266 g/mol. The Labute approximate surface area is 116 Å². The molecule has 0 heterocycles. The van der Waals surface area contributed by atoms with Gasteiger partial charge in [0.15, 0.2) is 0 Å². The molecule has 0 aromatic heterocycles. The quantitative estimate of drug-likeness (QED) is 0.753. The van der Waals surface area contributed by atoms with Crippen molar-refractivity contribution < 1.29 is 9.84 Å². The molecule has 3 N–H and O–H groups in total. The van der Waals surface area contributed by atoms with Crippen molar-refractivity contribution >= 4 is 0 Å². The molecule has 2 atom stereocenters. The molecule has 1 rings (SSSR count). The third-order valence-electron chi connectivity index (χ3n) is 3.36. The second-order valence-electron chi connectivity index (χ2n) is 4.75. The summed E-state index contributed by atoms with van der Waals surface area (Å²) >= 11 is 0. The maximum absolute atomic E-state index is 9.02. The summed E-state index contributed by atoms with van der Waals surface area (Å²) in [4.78, 5) is 2.29. The molecule has 0 aliphatic rings. The summed E-state index contributed by atoms with van der Waals surface area (Å²) in [6.45, 7) is 6.05. The van der Waals surface area contributed by atoms with E-state index in [9.17, 15) is 0 Å². The van der Waals surface area contributed by atoms with Crippen LogP contribution in [0.2, 0.25) is 0 Å². The molecule has 0 saturated carbocycles. The summed E-state index contributed by atoms with van der Waals surface area (Å²) in [7, 11) is 1.68. The van der Waals surface area contributed by atoms with Crippen molar-refractivity contribution in [3.05, 3.63) is 29.8 Å². The van der Waals surface area contributed by atoms with Crippen molar-refractivity contribution in [2.45, 2.75) is 32.4 Å². The SMILES string of the molecule is CCN(CCCO)C(c1ccccc1OC)C(C)N. The van der Waals surface area contributed by atoms with E-state index in [0.717, 1.165) is 30.8 Å². The lowest BCUT2D eigenvalue weighted by molar-refractivity contribution is 0.162. The zero-order valence-corrected chi connectivity index (χ0v) is 12.2. The van der Waals surface area contributed by atoms with Crippen molar-refractivity contribution in [2.24, 2.45) is 5.73 Å². The minimum atomic E-state index is -0.00468. The lowest BCUT2D eigenvalue weighted by atomic mass is 9.98. The van der Waals surface area contributed by atoms with E-state index in [2.05, 4.69) is 17.9 Å². The van der Waals surface area contributed by atoms with Gasteiger partial charge in [-0.2, -0.15) is 0 Å². The highest BCUT2D eigenvalue weighted by atomic mass is 16.5. The molecule has 2 unspecified atom stereocenters. The van der Waals surface area contributed by atoms with Crippen molar-refractivity contribution in [1.29, 1.82) is 0 Å². The molecule has 0 bridgehead atoms. The normalized spacial score (nSPS) is 14.4. The number of aliphatic hydroxyl groups excluding tert-OH is 1. The molecule has 0 aliphatic heterocycles. The maximum atomic E-state index is 9.02. The summed E-state index contributed by atoms with van der Waals surface area (Å²) in [5.41, 5.74) is 7.29. The van der Waals surface area contributed by atoms with Gasteiger partial charge in [0.05, 0.1) is 13.2 Å². The first kappa shape index (κ1) is 16.0. The molecule has 0 radical (unpaired) electrons. The molecule has 4 heteroatoms. The summed E-state index contributed by atoms with van der Waals surface area (Å²) < 4.78 is 5.44. The fourth-order valence-electron chi connectivity index (χ4n) is 2.49. The molecule has 0 amide bonds. The van der Waals surface area contributed by atoms with E-state index in [1.165, 1.54) is 0 Å². The smallest absolute Gasteiger partial charge is 0.123 e. The van der Waals surface area contributed by atoms with Crippen LogP contribution in [0, 0.1) is 0 Å². The first-order valence-corrected chi connectivity index (χ1v) is 6.89. The number of nitrogens with two attached hydrogens (primary N) is 1. The van der Waals surface area contributed by atoms with Crippen molar-refractivity contribution in [2.75, 3.05) is 26.8 Å². The van der Waals surface area contributed by atoms with Crippen LogP contribution in [0.15, 0.2) is 24.3 Å². The van der Waals surface area contributed by atoms with Gasteiger partial charge in [-0.1, -0.05) is 25.1 Å². The number of nitrogens with zero attached hydrogens (tertiary/aromatic N) is 1. The van der Waals surface area contributed by atoms with E-state index in [1.54, 1.807) is 7.11 Å². The van der Waals surface area contributed by atoms with E-state index in [4.69, 9.17) is 15.6 Å². The summed E-state index contributed by atoms with van der Waals surface area (Å²) in [6.07, 6.45) is 0.756. The first-order chi connectivity index (χ1) is 9.15. The fourth-order valence-corrected chi connectivity index (χ4v) is 2.49. The number of aliphatic hydroxyl groups is 1. The third-order valence-corrected chi connectivity index (χ3v) is 3.36. The Hall–Kier alpha value is -1.10. The molecule has 1 aromatic rings. The number of likely N-dealkylation sites (N-methyl/N-ethyl adjacent to an activating group) is 1. The van der Waals surface area contributed by atoms with Crippen LogP contribution in [0.25, 0.3) is 0 Å². The zero-order valence-electron chi connectivity index (χ0n) is 12.2. The van der Waals surface area contributed by atoms with E-state index < -0.39 is 0 Å². The molecule has 0 saturated heterocycles. The van der Waals surface area contributed by atoms with Gasteiger partial charge >= 0.3 is 0 Å². The Bertz CT molecular complexity index is 369. The monoisotopic (exact) mass is 266 g/mol. The van der Waals surface area contributed by atoms with Crippen LogP contribution in [0.1, 0.15) is 31.9 Å². The molecular formula is C15H26N2O2. The average Bonchev–Trinajstić information content (AvgIpc) is 2.43. The van der Waals surface area contributed by atoms with Gasteiger partial charge in [0, 0.05) is 24.8 Å². The molecule has 19 heavy (non-hydrogen) atoms. The van der Waals surface area contributed by atoms with Crippen LogP contribution < -0.4 is 10.5 Å². The Morgan fingerprint density at radius 1 is 1.37 bits per heavy atom. The molecule has 0 aliphatic carbocycles. The highest BCUT2D eigenvalue weighted by molar-refractivity contribution is 5.36. The highest BCUT2D eigenvalue weighted by Gasteiger charge is 2.25.